The Labute approximate surface area is 376 Å². The fraction of sp³-hybridized carbons (Fsp3) is 0.667. The third-order valence-corrected chi connectivity index (χ3v) is 16.1. The number of carbonyl (C=O) groups excluding carboxylic acids is 5. The second-order valence-electron chi connectivity index (χ2n) is 18.9. The number of hydrogen-bond donors (Lipinski definition) is 7. The average Bonchev–Trinajstić information content (AvgIpc) is 3.75. The van der Waals surface area contributed by atoms with Crippen LogP contribution in [0.1, 0.15) is 102 Å². The Bertz CT molecular complexity index is 2020. The molecule has 0 aromatic heterocycles. The van der Waals surface area contributed by atoms with Crippen LogP contribution in [0.4, 0.5) is 0 Å². The standard InChI is InChI=1S/C45H62BrN4O12P/c1-43-17-16-31(51)20-29(43)12-15-32-33-21-37-45(36(53)25-60-63(57,58)59,44(33,2)22-35(52)40(32)43)62-42(61-37)28-10-6-26(7-11-28)19-27-8-13-30(14-9-27)49-41(56)34(5-3-4-18-47)50-39(55)24-48-38(54)23-46/h6-7,10-11,16-17,20,27,30,32-35,37,40,42,52H,3-5,8-9,12-15,18-19,21-25,47H2,1-2H3,(H,48,54)(H,49,56)(H,50,55)(H2,57,58,59)/t27?,30?,32-,33?,34-,35-,37+,40?,42+,43-,44-,45+/m0/s1. The molecule has 0 spiro atoms. The summed E-state index contributed by atoms with van der Waals surface area (Å²) < 4.78 is 30.1. The van der Waals surface area contributed by atoms with Crippen molar-refractivity contribution in [2.24, 2.45) is 40.2 Å². The predicted molar refractivity (Wildman–Crippen MR) is 233 cm³/mol. The average molecular weight is 962 g/mol. The van der Waals surface area contributed by atoms with Crippen LogP contribution in [-0.2, 0) is 49.0 Å². The smallest absolute Gasteiger partial charge is 0.393 e. The number of alkyl halides is 1. The number of phosphoric acid groups is 1. The number of unbranched alkanes of at least 4 members (excludes halogenated alkanes) is 1. The number of phosphoric ester groups is 1. The number of aliphatic hydroxyl groups is 1. The molecule has 18 heteroatoms. The van der Waals surface area contributed by atoms with Crippen LogP contribution in [0.5, 0.6) is 0 Å². The zero-order chi connectivity index (χ0) is 45.3. The lowest BCUT2D eigenvalue weighted by Crippen LogP contribution is -2.63. The van der Waals surface area contributed by atoms with Crippen LogP contribution in [0.3, 0.4) is 0 Å². The van der Waals surface area contributed by atoms with E-state index in [-0.39, 0.29) is 59.7 Å². The van der Waals surface area contributed by atoms with Gasteiger partial charge in [-0.3, -0.25) is 28.5 Å². The first-order chi connectivity index (χ1) is 29.9. The van der Waals surface area contributed by atoms with E-state index < -0.39 is 67.1 Å². The first kappa shape index (κ1) is 47.8. The first-order valence-electron chi connectivity index (χ1n) is 22.3. The zero-order valence-electron chi connectivity index (χ0n) is 36.0. The SMILES string of the molecule is C[C@]12C=CC(=O)C=C1CC[C@@H]1C2[C@@H](O)C[C@@]2(C)C1C[C@H]1O[C@@H](c3ccc(CC4CCC(NC(=O)[C@H](CCCCN)NC(=O)CNC(=O)CBr)CC4)cc3)O[C@]12C(=O)COP(=O)(O)O. The van der Waals surface area contributed by atoms with Crippen molar-refractivity contribution in [2.45, 2.75) is 127 Å². The second-order valence-corrected chi connectivity index (χ2v) is 20.7. The second kappa shape index (κ2) is 19.4. The molecule has 0 bridgehead atoms. The van der Waals surface area contributed by atoms with Crippen molar-refractivity contribution >= 4 is 53.0 Å². The summed E-state index contributed by atoms with van der Waals surface area (Å²) in [5.74, 6) is -1.68. The van der Waals surface area contributed by atoms with Crippen LogP contribution < -0.4 is 21.7 Å². The number of carbonyl (C=O) groups is 5. The van der Waals surface area contributed by atoms with E-state index in [0.717, 1.165) is 49.7 Å². The van der Waals surface area contributed by atoms with Gasteiger partial charge in [0.2, 0.25) is 17.7 Å². The van der Waals surface area contributed by atoms with Gasteiger partial charge in [-0.05, 0) is 119 Å². The lowest BCUT2D eigenvalue weighted by molar-refractivity contribution is -0.200. The number of fused-ring (bicyclic) bond motifs is 7. The van der Waals surface area contributed by atoms with Crippen LogP contribution in [-0.4, -0.2) is 99.1 Å². The molecule has 1 saturated heterocycles. The molecule has 2 unspecified atom stereocenters. The summed E-state index contributed by atoms with van der Waals surface area (Å²) in [6, 6.07) is 7.11. The normalized spacial score (nSPS) is 35.0. The van der Waals surface area contributed by atoms with E-state index in [4.69, 9.17) is 19.7 Å². The summed E-state index contributed by atoms with van der Waals surface area (Å²) in [5, 5.41) is 20.5. The Morgan fingerprint density at radius 2 is 1.78 bits per heavy atom. The Balaban J connectivity index is 0.987. The van der Waals surface area contributed by atoms with E-state index in [0.29, 0.717) is 50.1 Å². The molecule has 4 saturated carbocycles. The lowest BCUT2D eigenvalue weighted by Gasteiger charge is -2.59. The number of ketones is 2. The van der Waals surface area contributed by atoms with Gasteiger partial charge in [0.1, 0.15) is 12.6 Å². The minimum Gasteiger partial charge on any atom is -0.393 e. The third-order valence-electron chi connectivity index (χ3n) is 15.2. The monoisotopic (exact) mass is 960 g/mol. The van der Waals surface area contributed by atoms with E-state index in [1.165, 1.54) is 0 Å². The summed E-state index contributed by atoms with van der Waals surface area (Å²) in [7, 11) is -5.00. The van der Waals surface area contributed by atoms with Gasteiger partial charge < -0.3 is 46.1 Å². The van der Waals surface area contributed by atoms with E-state index in [1.807, 2.05) is 37.3 Å². The number of benzene rings is 1. The van der Waals surface area contributed by atoms with Crippen molar-refractivity contribution in [3.05, 3.63) is 59.2 Å². The highest BCUT2D eigenvalue weighted by atomic mass is 79.9. The number of ether oxygens (including phenoxy) is 2. The fourth-order valence-corrected chi connectivity index (χ4v) is 12.6. The highest BCUT2D eigenvalue weighted by Gasteiger charge is 2.76. The van der Waals surface area contributed by atoms with Crippen LogP contribution in [0.2, 0.25) is 0 Å². The van der Waals surface area contributed by atoms with Gasteiger partial charge in [-0.25, -0.2) is 4.57 Å². The van der Waals surface area contributed by atoms with Crippen molar-refractivity contribution in [3.8, 4) is 0 Å². The number of nitrogens with two attached hydrogens (primary N) is 1. The van der Waals surface area contributed by atoms with Crippen LogP contribution >= 0.6 is 23.8 Å². The summed E-state index contributed by atoms with van der Waals surface area (Å²) in [6.07, 6.45) is 10.6. The molecule has 7 rings (SSSR count). The highest BCUT2D eigenvalue weighted by molar-refractivity contribution is 9.09. The molecule has 0 radical (unpaired) electrons. The van der Waals surface area contributed by atoms with Crippen molar-refractivity contribution in [3.63, 3.8) is 0 Å². The molecule has 10 atom stereocenters. The predicted octanol–water partition coefficient (Wildman–Crippen LogP) is 3.75. The van der Waals surface area contributed by atoms with Gasteiger partial charge in [0.15, 0.2) is 23.5 Å². The molecule has 1 aliphatic heterocycles. The van der Waals surface area contributed by atoms with Gasteiger partial charge in [-0.2, -0.15) is 0 Å². The Morgan fingerprint density at radius 3 is 2.46 bits per heavy atom. The van der Waals surface area contributed by atoms with Crippen molar-refractivity contribution in [1.29, 1.82) is 0 Å². The van der Waals surface area contributed by atoms with Gasteiger partial charge in [-0.1, -0.05) is 65.7 Å². The van der Waals surface area contributed by atoms with Crippen LogP contribution in [0.25, 0.3) is 0 Å². The number of halogens is 1. The van der Waals surface area contributed by atoms with E-state index in [1.54, 1.807) is 12.2 Å². The third kappa shape index (κ3) is 9.88. The quantitative estimate of drug-likeness (QED) is 0.0669. The molecular weight excluding hydrogens is 899 g/mol. The minimum absolute atomic E-state index is 0.0284. The summed E-state index contributed by atoms with van der Waals surface area (Å²) in [5.41, 5.74) is 5.32. The summed E-state index contributed by atoms with van der Waals surface area (Å²) in [6.45, 7) is 3.39. The number of rotatable bonds is 17. The Morgan fingerprint density at radius 1 is 1.05 bits per heavy atom. The first-order valence-corrected chi connectivity index (χ1v) is 25.0. The molecule has 8 N–H and O–H groups in total. The Kier molecular flexibility index (Phi) is 14.7. The molecule has 16 nitrogen and oxygen atoms in total. The Hall–Kier alpha value is -3.12. The molecule has 5 fully saturated rings. The lowest BCUT2D eigenvalue weighted by atomic mass is 9.46. The van der Waals surface area contributed by atoms with Gasteiger partial charge >= 0.3 is 7.82 Å². The van der Waals surface area contributed by atoms with Crippen LogP contribution in [0.15, 0.2) is 48.1 Å². The van der Waals surface area contributed by atoms with Crippen molar-refractivity contribution in [2.75, 3.05) is 25.0 Å². The molecule has 1 aromatic rings. The van der Waals surface area contributed by atoms with Crippen molar-refractivity contribution < 1.29 is 57.4 Å². The summed E-state index contributed by atoms with van der Waals surface area (Å²) in [4.78, 5) is 83.3. The molecular formula is C45H62BrN4O12P. The number of Topliss-reactive ketones (excluding diaryl/α,β-unsaturated/α-hetero) is 1. The number of hydrogen-bond acceptors (Lipinski definition) is 11. The van der Waals surface area contributed by atoms with Crippen LogP contribution in [0, 0.1) is 34.5 Å². The maximum Gasteiger partial charge on any atom is 0.470 e. The van der Waals surface area contributed by atoms with E-state index in [9.17, 15) is 43.4 Å². The number of allylic oxidation sites excluding steroid dienone is 4. The van der Waals surface area contributed by atoms with Crippen molar-refractivity contribution in [1.82, 2.24) is 16.0 Å². The molecule has 1 heterocycles. The molecule has 1 aromatic carbocycles. The molecule has 63 heavy (non-hydrogen) atoms. The molecule has 3 amide bonds. The van der Waals surface area contributed by atoms with Gasteiger partial charge in [-0.15, -0.1) is 0 Å². The minimum atomic E-state index is -5.00. The maximum absolute atomic E-state index is 14.4. The molecule has 346 valence electrons. The largest absolute Gasteiger partial charge is 0.470 e. The summed E-state index contributed by atoms with van der Waals surface area (Å²) >= 11 is 3.05. The van der Waals surface area contributed by atoms with Gasteiger partial charge in [0, 0.05) is 28.4 Å². The maximum atomic E-state index is 14.4. The highest BCUT2D eigenvalue weighted by Crippen LogP contribution is 2.70. The number of amides is 3. The molecule has 5 aliphatic carbocycles. The van der Waals surface area contributed by atoms with Gasteiger partial charge in [0.05, 0.1) is 24.1 Å². The van der Waals surface area contributed by atoms with E-state index >= 15 is 0 Å². The zero-order valence-corrected chi connectivity index (χ0v) is 38.5. The topological polar surface area (TPSA) is 253 Å². The molecule has 6 aliphatic rings. The fourth-order valence-electron chi connectivity index (χ4n) is 12.2. The number of nitrogens with one attached hydrogen (secondary N) is 3. The van der Waals surface area contributed by atoms with E-state index in [2.05, 4.69) is 38.8 Å². The number of aliphatic hydroxyl groups excluding tert-OH is 1. The van der Waals surface area contributed by atoms with Gasteiger partial charge in [0.25, 0.3) is 0 Å².